The predicted octanol–water partition coefficient (Wildman–Crippen LogP) is 2.54. The van der Waals surface area contributed by atoms with Crippen molar-refractivity contribution >= 4 is 10.9 Å². The molecule has 0 aliphatic carbocycles. The summed E-state index contributed by atoms with van der Waals surface area (Å²) in [5.41, 5.74) is 2.55. The lowest BCUT2D eigenvalue weighted by molar-refractivity contribution is 0.544. The highest BCUT2D eigenvalue weighted by atomic mass is 15.3. The molecule has 0 aliphatic heterocycles. The lowest BCUT2D eigenvalue weighted by atomic mass is 10.1. The fraction of sp³-hybridized carbons (Fsp3) is 0.267. The van der Waals surface area contributed by atoms with Crippen LogP contribution in [0.4, 0.5) is 0 Å². The summed E-state index contributed by atoms with van der Waals surface area (Å²) in [5, 5.41) is 8.99. The Morgan fingerprint density at radius 1 is 1.21 bits per heavy atom. The highest BCUT2D eigenvalue weighted by molar-refractivity contribution is 5.82. The van der Waals surface area contributed by atoms with Gasteiger partial charge < -0.3 is 10.3 Å². The lowest BCUT2D eigenvalue weighted by Gasteiger charge is -2.06. The van der Waals surface area contributed by atoms with Crippen molar-refractivity contribution < 1.29 is 0 Å². The quantitative estimate of drug-likeness (QED) is 0.664. The fourth-order valence-electron chi connectivity index (χ4n) is 2.33. The Bertz CT molecular complexity index is 624. The van der Waals surface area contributed by atoms with E-state index in [2.05, 4.69) is 39.7 Å². The Morgan fingerprint density at radius 2 is 2.21 bits per heavy atom. The van der Waals surface area contributed by atoms with Crippen molar-refractivity contribution in [3.8, 4) is 0 Å². The number of aromatic nitrogens is 3. The molecule has 0 radical (unpaired) electrons. The van der Waals surface area contributed by atoms with Crippen molar-refractivity contribution in [3.05, 3.63) is 54.5 Å². The molecule has 0 spiro atoms. The number of nitrogens with zero attached hydrogens (tertiary/aromatic N) is 2. The number of H-pyrrole nitrogens is 1. The van der Waals surface area contributed by atoms with Gasteiger partial charge in [-0.15, -0.1) is 0 Å². The van der Waals surface area contributed by atoms with Crippen LogP contribution in [-0.4, -0.2) is 21.3 Å². The Kier molecular flexibility index (Phi) is 3.61. The van der Waals surface area contributed by atoms with Crippen LogP contribution < -0.4 is 5.32 Å². The summed E-state index contributed by atoms with van der Waals surface area (Å²) < 4.78 is 1.97. The third kappa shape index (κ3) is 2.85. The molecule has 4 heteroatoms. The van der Waals surface area contributed by atoms with Crippen LogP contribution in [0.3, 0.4) is 0 Å². The van der Waals surface area contributed by atoms with Crippen LogP contribution in [0, 0.1) is 0 Å². The Labute approximate surface area is 112 Å². The number of aromatic amines is 1. The van der Waals surface area contributed by atoms with Gasteiger partial charge in [-0.1, -0.05) is 12.1 Å². The van der Waals surface area contributed by atoms with Crippen molar-refractivity contribution in [2.75, 3.05) is 6.54 Å². The van der Waals surface area contributed by atoms with Crippen molar-refractivity contribution in [2.24, 2.45) is 0 Å². The summed E-state index contributed by atoms with van der Waals surface area (Å²) >= 11 is 0. The largest absolute Gasteiger partial charge is 0.361 e. The highest BCUT2D eigenvalue weighted by Gasteiger charge is 2.00. The van der Waals surface area contributed by atoms with Gasteiger partial charge in [-0.2, -0.15) is 5.10 Å². The summed E-state index contributed by atoms with van der Waals surface area (Å²) in [6, 6.07) is 10.5. The third-order valence-corrected chi connectivity index (χ3v) is 3.30. The minimum absolute atomic E-state index is 0.911. The molecular formula is C15H18N4. The normalized spacial score (nSPS) is 11.2. The molecule has 3 rings (SSSR count). The van der Waals surface area contributed by atoms with Gasteiger partial charge in [-0.05, 0) is 36.7 Å². The Morgan fingerprint density at radius 3 is 3.11 bits per heavy atom. The van der Waals surface area contributed by atoms with E-state index in [9.17, 15) is 0 Å². The molecule has 0 unspecified atom stereocenters. The van der Waals surface area contributed by atoms with Gasteiger partial charge in [0.2, 0.25) is 0 Å². The number of benzene rings is 1. The van der Waals surface area contributed by atoms with E-state index in [0.29, 0.717) is 0 Å². The van der Waals surface area contributed by atoms with Crippen molar-refractivity contribution in [3.63, 3.8) is 0 Å². The zero-order chi connectivity index (χ0) is 12.9. The number of rotatable bonds is 6. The molecule has 98 valence electrons. The second-order valence-electron chi connectivity index (χ2n) is 4.66. The molecule has 4 nitrogen and oxygen atoms in total. The molecule has 2 aromatic heterocycles. The number of fused-ring (bicyclic) bond motifs is 1. The molecule has 0 aliphatic rings. The molecule has 2 N–H and O–H groups in total. The summed E-state index contributed by atoms with van der Waals surface area (Å²) in [4.78, 5) is 3.24. The van der Waals surface area contributed by atoms with E-state index in [0.717, 1.165) is 26.1 Å². The average Bonchev–Trinajstić information content (AvgIpc) is 3.09. The second-order valence-corrected chi connectivity index (χ2v) is 4.66. The first-order valence-electron chi connectivity index (χ1n) is 6.66. The first-order valence-corrected chi connectivity index (χ1v) is 6.66. The van der Waals surface area contributed by atoms with Crippen molar-refractivity contribution in [1.82, 2.24) is 20.1 Å². The standard InChI is InChI=1S/C15H18N4/c1-4-13(14-6-9-17-15(14)5-1)12-16-7-2-10-19-11-3-8-18-19/h1,3-6,8-9,11,16-17H,2,7,10,12H2. The molecule has 0 amide bonds. The van der Waals surface area contributed by atoms with Gasteiger partial charge in [0.25, 0.3) is 0 Å². The fourth-order valence-corrected chi connectivity index (χ4v) is 2.33. The molecule has 3 aromatic rings. The zero-order valence-electron chi connectivity index (χ0n) is 10.8. The van der Waals surface area contributed by atoms with Gasteiger partial charge in [-0.3, -0.25) is 4.68 Å². The first kappa shape index (κ1) is 12.0. The molecule has 0 bridgehead atoms. The van der Waals surface area contributed by atoms with Crippen LogP contribution in [0.15, 0.2) is 48.9 Å². The number of nitrogens with one attached hydrogen (secondary N) is 2. The lowest BCUT2D eigenvalue weighted by Crippen LogP contribution is -2.16. The second kappa shape index (κ2) is 5.71. The third-order valence-electron chi connectivity index (χ3n) is 3.30. The maximum Gasteiger partial charge on any atom is 0.0489 e. The van der Waals surface area contributed by atoms with E-state index in [1.54, 1.807) is 0 Å². The van der Waals surface area contributed by atoms with Gasteiger partial charge in [0.1, 0.15) is 0 Å². The van der Waals surface area contributed by atoms with E-state index in [1.165, 1.54) is 16.5 Å². The van der Waals surface area contributed by atoms with Crippen molar-refractivity contribution in [2.45, 2.75) is 19.5 Å². The molecule has 19 heavy (non-hydrogen) atoms. The van der Waals surface area contributed by atoms with Gasteiger partial charge in [0.05, 0.1) is 0 Å². The summed E-state index contributed by atoms with van der Waals surface area (Å²) in [6.07, 6.45) is 6.90. The maximum absolute atomic E-state index is 4.19. The smallest absolute Gasteiger partial charge is 0.0489 e. The highest BCUT2D eigenvalue weighted by Crippen LogP contribution is 2.16. The van der Waals surface area contributed by atoms with Gasteiger partial charge >= 0.3 is 0 Å². The maximum atomic E-state index is 4.19. The predicted molar refractivity (Wildman–Crippen MR) is 76.8 cm³/mol. The summed E-state index contributed by atoms with van der Waals surface area (Å²) in [5.74, 6) is 0. The van der Waals surface area contributed by atoms with Gasteiger partial charge in [-0.25, -0.2) is 0 Å². The summed E-state index contributed by atoms with van der Waals surface area (Å²) in [7, 11) is 0. The van der Waals surface area contributed by atoms with Crippen molar-refractivity contribution in [1.29, 1.82) is 0 Å². The van der Waals surface area contributed by atoms with Crippen LogP contribution in [0.25, 0.3) is 10.9 Å². The van der Waals surface area contributed by atoms with Gasteiger partial charge in [0.15, 0.2) is 0 Å². The monoisotopic (exact) mass is 254 g/mol. The summed E-state index contributed by atoms with van der Waals surface area (Å²) in [6.45, 7) is 2.88. The number of aryl methyl sites for hydroxylation is 1. The van der Waals surface area contributed by atoms with Crippen LogP contribution in [0.1, 0.15) is 12.0 Å². The van der Waals surface area contributed by atoms with Crippen LogP contribution in [0.5, 0.6) is 0 Å². The molecule has 0 atom stereocenters. The van der Waals surface area contributed by atoms with Crippen LogP contribution in [-0.2, 0) is 13.1 Å². The van der Waals surface area contributed by atoms with E-state index < -0.39 is 0 Å². The number of hydrogen-bond donors (Lipinski definition) is 2. The number of hydrogen-bond acceptors (Lipinski definition) is 2. The molecule has 0 saturated heterocycles. The van der Waals surface area contributed by atoms with Crippen LogP contribution in [0.2, 0.25) is 0 Å². The molecule has 2 heterocycles. The van der Waals surface area contributed by atoms with E-state index in [4.69, 9.17) is 0 Å². The SMILES string of the molecule is c1cc(CNCCCn2cccn2)c2cc[nH]c2c1. The molecular weight excluding hydrogens is 236 g/mol. The minimum atomic E-state index is 0.911. The molecule has 0 saturated carbocycles. The van der Waals surface area contributed by atoms with E-state index in [-0.39, 0.29) is 0 Å². The molecule has 1 aromatic carbocycles. The first-order chi connectivity index (χ1) is 9.43. The van der Waals surface area contributed by atoms with Gasteiger partial charge in [0, 0.05) is 42.6 Å². The topological polar surface area (TPSA) is 45.6 Å². The van der Waals surface area contributed by atoms with Crippen LogP contribution >= 0.6 is 0 Å². The Balaban J connectivity index is 1.48. The Hall–Kier alpha value is -2.07. The minimum Gasteiger partial charge on any atom is -0.361 e. The van der Waals surface area contributed by atoms with E-state index in [1.807, 2.05) is 29.3 Å². The zero-order valence-corrected chi connectivity index (χ0v) is 10.8. The van der Waals surface area contributed by atoms with E-state index >= 15 is 0 Å². The average molecular weight is 254 g/mol. The molecule has 0 fully saturated rings.